The summed E-state index contributed by atoms with van der Waals surface area (Å²) in [7, 11) is 7.71. The number of nitrogens with one attached hydrogen (secondary N) is 1. The maximum atomic E-state index is 12.6. The highest BCUT2D eigenvalue weighted by atomic mass is 16.2. The van der Waals surface area contributed by atoms with Gasteiger partial charge in [-0.15, -0.1) is 0 Å². The molecule has 0 aliphatic rings. The van der Waals surface area contributed by atoms with Gasteiger partial charge in [-0.1, -0.05) is 18.2 Å². The average Bonchev–Trinajstić information content (AvgIpc) is 3.27. The summed E-state index contributed by atoms with van der Waals surface area (Å²) in [5, 5.41) is 9.29. The number of anilines is 1. The van der Waals surface area contributed by atoms with E-state index in [2.05, 4.69) is 37.9 Å². The molecule has 1 N–H and O–H groups in total. The minimum atomic E-state index is -0.0598. The third kappa shape index (κ3) is 3.59. The second kappa shape index (κ2) is 7.43. The minimum Gasteiger partial charge on any atom is -0.361 e. The predicted octanol–water partition coefficient (Wildman–Crippen LogP) is 3.19. The lowest BCUT2D eigenvalue weighted by molar-refractivity contribution is -0.125. The molecule has 4 rings (SSSR count). The first-order chi connectivity index (χ1) is 13.9. The van der Waals surface area contributed by atoms with Gasteiger partial charge in [-0.2, -0.15) is 5.10 Å². The second-order valence-electron chi connectivity index (χ2n) is 7.39. The number of carbonyl (C=O) groups excluding carboxylic acids is 1. The Morgan fingerprint density at radius 1 is 1.21 bits per heavy atom. The molecule has 0 saturated carbocycles. The number of amides is 1. The molecule has 7 heteroatoms. The fraction of sp³-hybridized carbons (Fsp3) is 0.227. The Hall–Kier alpha value is -3.61. The fourth-order valence-corrected chi connectivity index (χ4v) is 3.45. The number of pyridine rings is 1. The molecular formula is C22H24N6O. The fourth-order valence-electron chi connectivity index (χ4n) is 3.45. The molecule has 7 nitrogen and oxygen atoms in total. The van der Waals surface area contributed by atoms with Gasteiger partial charge in [-0.25, -0.2) is 4.98 Å². The smallest absolute Gasteiger partial charge is 0.246 e. The first-order valence-electron chi connectivity index (χ1n) is 9.42. The highest BCUT2D eigenvalue weighted by Gasteiger charge is 2.12. The van der Waals surface area contributed by atoms with Crippen molar-refractivity contribution in [1.29, 1.82) is 0 Å². The van der Waals surface area contributed by atoms with E-state index in [-0.39, 0.29) is 5.91 Å². The first kappa shape index (κ1) is 18.7. The lowest BCUT2D eigenvalue weighted by Gasteiger charge is -2.15. The highest BCUT2D eigenvalue weighted by Crippen LogP contribution is 2.22. The van der Waals surface area contributed by atoms with E-state index >= 15 is 0 Å². The van der Waals surface area contributed by atoms with Crippen LogP contribution in [-0.4, -0.2) is 51.7 Å². The van der Waals surface area contributed by atoms with Crippen LogP contribution in [0.4, 0.5) is 5.82 Å². The molecule has 1 aromatic carbocycles. The number of hydrogen-bond acceptors (Lipinski definition) is 4. The van der Waals surface area contributed by atoms with E-state index < -0.39 is 0 Å². The Balaban J connectivity index is 1.50. The van der Waals surface area contributed by atoms with Crippen molar-refractivity contribution in [2.24, 2.45) is 7.05 Å². The number of carbonyl (C=O) groups is 1. The SMILES string of the molecule is CN(Cc1cc2ccccc2n1C)C(=O)/C=C/c1cnc2[nH]nc(N(C)C)c2c1. The summed E-state index contributed by atoms with van der Waals surface area (Å²) in [6.45, 7) is 0.540. The van der Waals surface area contributed by atoms with Crippen molar-refractivity contribution in [3.8, 4) is 0 Å². The molecule has 0 spiro atoms. The lowest BCUT2D eigenvalue weighted by atomic mass is 10.2. The van der Waals surface area contributed by atoms with Crippen molar-refractivity contribution in [3.05, 3.63) is 59.9 Å². The Morgan fingerprint density at radius 3 is 2.76 bits per heavy atom. The van der Waals surface area contributed by atoms with Gasteiger partial charge in [-0.3, -0.25) is 9.89 Å². The molecule has 3 aromatic heterocycles. The van der Waals surface area contributed by atoms with Crippen molar-refractivity contribution in [2.45, 2.75) is 6.54 Å². The summed E-state index contributed by atoms with van der Waals surface area (Å²) < 4.78 is 2.13. The number of rotatable bonds is 5. The van der Waals surface area contributed by atoms with E-state index in [1.54, 1.807) is 23.2 Å². The zero-order valence-electron chi connectivity index (χ0n) is 17.0. The summed E-state index contributed by atoms with van der Waals surface area (Å²) in [5.74, 6) is 0.761. The van der Waals surface area contributed by atoms with Crippen molar-refractivity contribution in [3.63, 3.8) is 0 Å². The normalized spacial score (nSPS) is 11.6. The number of para-hydroxylation sites is 1. The largest absolute Gasteiger partial charge is 0.361 e. The number of hydrogen-bond donors (Lipinski definition) is 1. The molecule has 0 bridgehead atoms. The molecule has 0 saturated heterocycles. The standard InChI is InChI=1S/C22H24N6O/c1-26(2)22-18-11-15(13-23-21(18)24-25-22)9-10-20(29)27(3)14-17-12-16-7-5-6-8-19(16)28(17)4/h5-13H,14H2,1-4H3,(H,23,24,25)/b10-9+. The van der Waals surface area contributed by atoms with Gasteiger partial charge < -0.3 is 14.4 Å². The molecule has 1 amide bonds. The van der Waals surface area contributed by atoms with Crippen LogP contribution in [0.1, 0.15) is 11.3 Å². The second-order valence-corrected chi connectivity index (χ2v) is 7.39. The molecule has 0 aliphatic carbocycles. The van der Waals surface area contributed by atoms with Crippen LogP contribution in [0.25, 0.3) is 28.0 Å². The van der Waals surface area contributed by atoms with Gasteiger partial charge in [0.15, 0.2) is 11.5 Å². The minimum absolute atomic E-state index is 0.0598. The van der Waals surface area contributed by atoms with Gasteiger partial charge in [0.25, 0.3) is 0 Å². The van der Waals surface area contributed by atoms with E-state index in [0.717, 1.165) is 33.6 Å². The maximum Gasteiger partial charge on any atom is 0.246 e. The molecule has 148 valence electrons. The summed E-state index contributed by atoms with van der Waals surface area (Å²) >= 11 is 0. The molecule has 0 unspecified atom stereocenters. The molecule has 0 aliphatic heterocycles. The number of benzene rings is 1. The van der Waals surface area contributed by atoms with Crippen LogP contribution in [0.2, 0.25) is 0 Å². The topological polar surface area (TPSA) is 70.0 Å². The highest BCUT2D eigenvalue weighted by molar-refractivity contribution is 5.93. The molecule has 4 aromatic rings. The van der Waals surface area contributed by atoms with E-state index in [1.807, 2.05) is 51.3 Å². The van der Waals surface area contributed by atoms with Gasteiger partial charge in [0, 0.05) is 51.7 Å². The lowest BCUT2D eigenvalue weighted by Crippen LogP contribution is -2.25. The maximum absolute atomic E-state index is 12.6. The third-order valence-corrected chi connectivity index (χ3v) is 5.09. The Bertz CT molecular complexity index is 1220. The van der Waals surface area contributed by atoms with Crippen LogP contribution in [0.5, 0.6) is 0 Å². The van der Waals surface area contributed by atoms with Crippen molar-refractivity contribution in [2.75, 3.05) is 26.0 Å². The number of aryl methyl sites for hydroxylation is 1. The summed E-state index contributed by atoms with van der Waals surface area (Å²) in [6.07, 6.45) is 5.10. The number of aromatic nitrogens is 4. The summed E-state index contributed by atoms with van der Waals surface area (Å²) in [6, 6.07) is 12.3. The summed E-state index contributed by atoms with van der Waals surface area (Å²) in [5.41, 5.74) is 3.83. The average molecular weight is 388 g/mol. The van der Waals surface area contributed by atoms with Gasteiger partial charge in [0.2, 0.25) is 5.91 Å². The van der Waals surface area contributed by atoms with Crippen molar-refractivity contribution >= 4 is 39.7 Å². The number of nitrogens with zero attached hydrogens (tertiary/aromatic N) is 5. The number of fused-ring (bicyclic) bond motifs is 2. The van der Waals surface area contributed by atoms with Gasteiger partial charge >= 0.3 is 0 Å². The quantitative estimate of drug-likeness (QED) is 0.533. The van der Waals surface area contributed by atoms with Crippen LogP contribution in [0.15, 0.2) is 48.7 Å². The molecule has 3 heterocycles. The van der Waals surface area contributed by atoms with Crippen molar-refractivity contribution in [1.82, 2.24) is 24.6 Å². The van der Waals surface area contributed by atoms with E-state index in [0.29, 0.717) is 6.54 Å². The zero-order valence-corrected chi connectivity index (χ0v) is 17.0. The van der Waals surface area contributed by atoms with Crippen LogP contribution in [-0.2, 0) is 18.4 Å². The number of likely N-dealkylation sites (N-methyl/N-ethyl adjacent to an activating group) is 1. The Kier molecular flexibility index (Phi) is 4.80. The number of aromatic amines is 1. The Morgan fingerprint density at radius 2 is 2.00 bits per heavy atom. The van der Waals surface area contributed by atoms with Crippen molar-refractivity contribution < 1.29 is 4.79 Å². The van der Waals surface area contributed by atoms with Crippen LogP contribution >= 0.6 is 0 Å². The van der Waals surface area contributed by atoms with Gasteiger partial charge in [0.1, 0.15) is 0 Å². The Labute approximate surface area is 169 Å². The zero-order chi connectivity index (χ0) is 20.5. The molecule has 29 heavy (non-hydrogen) atoms. The van der Waals surface area contributed by atoms with Gasteiger partial charge in [-0.05, 0) is 35.2 Å². The van der Waals surface area contributed by atoms with Crippen LogP contribution in [0.3, 0.4) is 0 Å². The van der Waals surface area contributed by atoms with E-state index in [4.69, 9.17) is 0 Å². The van der Waals surface area contributed by atoms with Gasteiger partial charge in [0.05, 0.1) is 11.9 Å². The molecular weight excluding hydrogens is 364 g/mol. The monoisotopic (exact) mass is 388 g/mol. The third-order valence-electron chi connectivity index (χ3n) is 5.09. The van der Waals surface area contributed by atoms with E-state index in [1.165, 1.54) is 5.39 Å². The van der Waals surface area contributed by atoms with Crippen LogP contribution < -0.4 is 4.90 Å². The molecule has 0 atom stereocenters. The summed E-state index contributed by atoms with van der Waals surface area (Å²) in [4.78, 5) is 20.6. The van der Waals surface area contributed by atoms with Crippen LogP contribution in [0, 0.1) is 0 Å². The molecule has 0 radical (unpaired) electrons. The number of H-pyrrole nitrogens is 1. The van der Waals surface area contributed by atoms with E-state index in [9.17, 15) is 4.79 Å². The molecule has 0 fully saturated rings. The first-order valence-corrected chi connectivity index (χ1v) is 9.42. The predicted molar refractivity (Wildman–Crippen MR) is 117 cm³/mol.